The molecule has 0 spiro atoms. The van der Waals surface area contributed by atoms with E-state index in [1.807, 2.05) is 55.5 Å². The summed E-state index contributed by atoms with van der Waals surface area (Å²) in [6.07, 6.45) is 0. The zero-order valence-corrected chi connectivity index (χ0v) is 14.3. The Morgan fingerprint density at radius 3 is 2.38 bits per heavy atom. The van der Waals surface area contributed by atoms with Crippen LogP contribution in [0.25, 0.3) is 0 Å². The Morgan fingerprint density at radius 1 is 0.962 bits per heavy atom. The Kier molecular flexibility index (Phi) is 5.08. The minimum atomic E-state index is -0.457. The molecule has 0 fully saturated rings. The molecule has 3 aromatic rings. The highest BCUT2D eigenvalue weighted by Gasteiger charge is 2.20. The van der Waals surface area contributed by atoms with Crippen LogP contribution in [0, 0.1) is 17.0 Å². The van der Waals surface area contributed by atoms with E-state index in [0.717, 1.165) is 11.1 Å². The third-order valence-electron chi connectivity index (χ3n) is 4.05. The summed E-state index contributed by atoms with van der Waals surface area (Å²) in [6, 6.07) is 23.0. The number of amides is 1. The summed E-state index contributed by atoms with van der Waals surface area (Å²) in [7, 11) is 0. The molecule has 5 nitrogen and oxygen atoms in total. The summed E-state index contributed by atoms with van der Waals surface area (Å²) < 4.78 is 0. The van der Waals surface area contributed by atoms with Gasteiger partial charge in [-0.2, -0.15) is 0 Å². The van der Waals surface area contributed by atoms with E-state index in [2.05, 4.69) is 0 Å². The number of benzene rings is 3. The molecular formula is C21H18N2O3. The summed E-state index contributed by atoms with van der Waals surface area (Å²) in [5, 5.41) is 11.1. The molecule has 0 N–H and O–H groups in total. The number of carbonyl (C=O) groups excluding carboxylic acids is 1. The van der Waals surface area contributed by atoms with Crippen molar-refractivity contribution in [3.63, 3.8) is 0 Å². The number of hydrogen-bond donors (Lipinski definition) is 0. The monoisotopic (exact) mass is 346 g/mol. The average Bonchev–Trinajstić information content (AvgIpc) is 2.66. The molecule has 0 heterocycles. The number of nitro benzene ring substituents is 1. The lowest BCUT2D eigenvalue weighted by Gasteiger charge is -2.23. The van der Waals surface area contributed by atoms with Gasteiger partial charge in [0, 0.05) is 17.7 Å². The normalized spacial score (nSPS) is 10.3. The number of anilines is 1. The summed E-state index contributed by atoms with van der Waals surface area (Å²) in [6.45, 7) is 2.25. The van der Waals surface area contributed by atoms with Crippen molar-refractivity contribution >= 4 is 17.3 Å². The van der Waals surface area contributed by atoms with Gasteiger partial charge in [-0.25, -0.2) is 0 Å². The van der Waals surface area contributed by atoms with E-state index >= 15 is 0 Å². The lowest BCUT2D eigenvalue weighted by Crippen LogP contribution is -2.30. The minimum absolute atomic E-state index is 0.0439. The molecule has 0 unspecified atom stereocenters. The fourth-order valence-corrected chi connectivity index (χ4v) is 2.75. The maximum Gasteiger partial charge on any atom is 0.271 e. The van der Waals surface area contributed by atoms with Gasteiger partial charge in [-0.1, -0.05) is 54.1 Å². The molecule has 5 heteroatoms. The third-order valence-corrected chi connectivity index (χ3v) is 4.05. The molecule has 0 aliphatic rings. The molecule has 0 saturated heterocycles. The van der Waals surface area contributed by atoms with Crippen molar-refractivity contribution in [1.29, 1.82) is 0 Å². The van der Waals surface area contributed by atoms with Gasteiger partial charge in [-0.3, -0.25) is 14.9 Å². The molecule has 0 aromatic heterocycles. The summed E-state index contributed by atoms with van der Waals surface area (Å²) in [5.74, 6) is -0.196. The predicted molar refractivity (Wildman–Crippen MR) is 101 cm³/mol. The van der Waals surface area contributed by atoms with E-state index < -0.39 is 4.92 Å². The Hall–Kier alpha value is -3.47. The lowest BCUT2D eigenvalue weighted by atomic mass is 10.1. The van der Waals surface area contributed by atoms with Crippen LogP contribution in [-0.2, 0) is 6.54 Å². The van der Waals surface area contributed by atoms with Crippen molar-refractivity contribution in [1.82, 2.24) is 0 Å². The molecule has 0 aliphatic carbocycles. The maximum absolute atomic E-state index is 13.1. The van der Waals surface area contributed by atoms with Crippen molar-refractivity contribution in [2.45, 2.75) is 13.5 Å². The second-order valence-electron chi connectivity index (χ2n) is 6.02. The largest absolute Gasteiger partial charge is 0.304 e. The van der Waals surface area contributed by atoms with Gasteiger partial charge in [0.25, 0.3) is 11.6 Å². The Labute approximate surface area is 151 Å². The lowest BCUT2D eigenvalue weighted by molar-refractivity contribution is -0.384. The SMILES string of the molecule is Cc1cccc(C(=O)N(Cc2ccccc2)c2cccc([N+](=O)[O-])c2)c1. The number of nitrogens with zero attached hydrogens (tertiary/aromatic N) is 2. The fraction of sp³-hybridized carbons (Fsp3) is 0.0952. The molecule has 3 aromatic carbocycles. The van der Waals surface area contributed by atoms with Crippen LogP contribution in [0.4, 0.5) is 11.4 Å². The molecule has 3 rings (SSSR count). The van der Waals surface area contributed by atoms with Gasteiger partial charge < -0.3 is 4.90 Å². The first kappa shape index (κ1) is 17.4. The van der Waals surface area contributed by atoms with Gasteiger partial charge in [0.1, 0.15) is 0 Å². The fourth-order valence-electron chi connectivity index (χ4n) is 2.75. The number of hydrogen-bond acceptors (Lipinski definition) is 3. The average molecular weight is 346 g/mol. The van der Waals surface area contributed by atoms with Crippen molar-refractivity contribution in [2.75, 3.05) is 4.90 Å². The van der Waals surface area contributed by atoms with Gasteiger partial charge in [0.15, 0.2) is 0 Å². The molecule has 0 bridgehead atoms. The second-order valence-corrected chi connectivity index (χ2v) is 6.02. The molecule has 0 saturated carbocycles. The molecular weight excluding hydrogens is 328 g/mol. The van der Waals surface area contributed by atoms with Gasteiger partial charge in [-0.15, -0.1) is 0 Å². The predicted octanol–water partition coefficient (Wildman–Crippen LogP) is 4.75. The van der Waals surface area contributed by atoms with E-state index in [4.69, 9.17) is 0 Å². The maximum atomic E-state index is 13.1. The first-order valence-corrected chi connectivity index (χ1v) is 8.21. The molecule has 0 atom stereocenters. The zero-order valence-electron chi connectivity index (χ0n) is 14.3. The van der Waals surface area contributed by atoms with Crippen LogP contribution >= 0.6 is 0 Å². The number of aryl methyl sites for hydroxylation is 1. The number of rotatable bonds is 5. The quantitative estimate of drug-likeness (QED) is 0.495. The van der Waals surface area contributed by atoms with Crippen LogP contribution in [0.2, 0.25) is 0 Å². The van der Waals surface area contributed by atoms with Crippen LogP contribution in [0.3, 0.4) is 0 Å². The number of carbonyl (C=O) groups is 1. The van der Waals surface area contributed by atoms with E-state index in [1.54, 1.807) is 23.1 Å². The van der Waals surface area contributed by atoms with Crippen LogP contribution < -0.4 is 4.90 Å². The highest BCUT2D eigenvalue weighted by atomic mass is 16.6. The Bertz CT molecular complexity index is 939. The Morgan fingerprint density at radius 2 is 1.69 bits per heavy atom. The highest BCUT2D eigenvalue weighted by Crippen LogP contribution is 2.25. The molecule has 130 valence electrons. The standard InChI is InChI=1S/C21H18N2O3/c1-16-7-5-10-18(13-16)21(24)22(15-17-8-3-2-4-9-17)19-11-6-12-20(14-19)23(25)26/h2-14H,15H2,1H3. The van der Waals surface area contributed by atoms with Crippen molar-refractivity contribution in [2.24, 2.45) is 0 Å². The third kappa shape index (κ3) is 3.95. The summed E-state index contributed by atoms with van der Waals surface area (Å²) in [5.41, 5.74) is 2.93. The molecule has 26 heavy (non-hydrogen) atoms. The summed E-state index contributed by atoms with van der Waals surface area (Å²) >= 11 is 0. The second kappa shape index (κ2) is 7.61. The van der Waals surface area contributed by atoms with Crippen LogP contribution in [0.5, 0.6) is 0 Å². The number of non-ortho nitro benzene ring substituents is 1. The topological polar surface area (TPSA) is 63.5 Å². The molecule has 1 amide bonds. The smallest absolute Gasteiger partial charge is 0.271 e. The molecule has 0 radical (unpaired) electrons. The van der Waals surface area contributed by atoms with Crippen LogP contribution in [0.15, 0.2) is 78.9 Å². The minimum Gasteiger partial charge on any atom is -0.304 e. The van der Waals surface area contributed by atoms with Crippen molar-refractivity contribution in [3.05, 3.63) is 106 Å². The van der Waals surface area contributed by atoms with Gasteiger partial charge >= 0.3 is 0 Å². The van der Waals surface area contributed by atoms with Crippen LogP contribution in [-0.4, -0.2) is 10.8 Å². The van der Waals surface area contributed by atoms with Crippen molar-refractivity contribution in [3.8, 4) is 0 Å². The zero-order chi connectivity index (χ0) is 18.5. The first-order chi connectivity index (χ1) is 12.5. The number of nitro groups is 1. The van der Waals surface area contributed by atoms with Gasteiger partial charge in [0.05, 0.1) is 17.2 Å². The van der Waals surface area contributed by atoms with E-state index in [0.29, 0.717) is 17.8 Å². The summed E-state index contributed by atoms with van der Waals surface area (Å²) in [4.78, 5) is 25.4. The first-order valence-electron chi connectivity index (χ1n) is 8.21. The van der Waals surface area contributed by atoms with Gasteiger partial charge in [0.2, 0.25) is 0 Å². The molecule has 0 aliphatic heterocycles. The van der Waals surface area contributed by atoms with Gasteiger partial charge in [-0.05, 0) is 30.7 Å². The van der Waals surface area contributed by atoms with E-state index in [-0.39, 0.29) is 11.6 Å². The van der Waals surface area contributed by atoms with E-state index in [9.17, 15) is 14.9 Å². The highest BCUT2D eigenvalue weighted by molar-refractivity contribution is 6.06. The Balaban J connectivity index is 2.03. The van der Waals surface area contributed by atoms with E-state index in [1.165, 1.54) is 12.1 Å². The van der Waals surface area contributed by atoms with Crippen LogP contribution in [0.1, 0.15) is 21.5 Å². The van der Waals surface area contributed by atoms with Crippen molar-refractivity contribution < 1.29 is 9.72 Å².